The summed E-state index contributed by atoms with van der Waals surface area (Å²) in [6.45, 7) is 2.11. The number of amides is 1. The molecule has 5 N–H and O–H groups in total. The lowest BCUT2D eigenvalue weighted by Crippen LogP contribution is -2.16. The molecule has 0 aliphatic heterocycles. The van der Waals surface area contributed by atoms with Crippen LogP contribution < -0.4 is 16.8 Å². The standard InChI is InChI=1S/C11H13N5O2/c1-6-3-14-9(18-6)5-16-11-8(10(13)17)2-7(12)4-15-11/h2-4H,5,12H2,1H3,(H2,13,17)(H,15,16). The van der Waals surface area contributed by atoms with E-state index in [2.05, 4.69) is 15.3 Å². The first-order valence-electron chi connectivity index (χ1n) is 5.27. The molecule has 0 saturated heterocycles. The maximum absolute atomic E-state index is 11.2. The lowest BCUT2D eigenvalue weighted by molar-refractivity contribution is 0.100. The summed E-state index contributed by atoms with van der Waals surface area (Å²) in [7, 11) is 0. The normalized spacial score (nSPS) is 10.3. The molecule has 0 radical (unpaired) electrons. The van der Waals surface area contributed by atoms with Crippen molar-refractivity contribution in [3.05, 3.63) is 35.7 Å². The monoisotopic (exact) mass is 247 g/mol. The maximum atomic E-state index is 11.2. The Morgan fingerprint density at radius 3 is 2.83 bits per heavy atom. The fourth-order valence-electron chi connectivity index (χ4n) is 1.45. The Kier molecular flexibility index (Phi) is 3.13. The molecule has 2 aromatic heterocycles. The fourth-order valence-corrected chi connectivity index (χ4v) is 1.45. The lowest BCUT2D eigenvalue weighted by atomic mass is 10.2. The van der Waals surface area contributed by atoms with Crippen molar-refractivity contribution < 1.29 is 9.21 Å². The molecule has 0 saturated carbocycles. The van der Waals surface area contributed by atoms with Gasteiger partial charge in [0.2, 0.25) is 5.89 Å². The first-order valence-corrected chi connectivity index (χ1v) is 5.27. The van der Waals surface area contributed by atoms with Crippen LogP contribution in [0.5, 0.6) is 0 Å². The summed E-state index contributed by atoms with van der Waals surface area (Å²) in [5.74, 6) is 0.974. The number of anilines is 2. The van der Waals surface area contributed by atoms with Gasteiger partial charge in [0.1, 0.15) is 11.6 Å². The largest absolute Gasteiger partial charge is 0.444 e. The number of aromatic nitrogens is 2. The number of aryl methyl sites for hydroxylation is 1. The van der Waals surface area contributed by atoms with E-state index < -0.39 is 5.91 Å². The highest BCUT2D eigenvalue weighted by molar-refractivity contribution is 5.98. The van der Waals surface area contributed by atoms with Gasteiger partial charge in [0.15, 0.2) is 0 Å². The Labute approximate surface area is 103 Å². The SMILES string of the molecule is Cc1cnc(CNc2ncc(N)cc2C(N)=O)o1. The van der Waals surface area contributed by atoms with E-state index >= 15 is 0 Å². The van der Waals surface area contributed by atoms with Crippen LogP contribution in [0.25, 0.3) is 0 Å². The van der Waals surface area contributed by atoms with E-state index in [0.29, 0.717) is 29.7 Å². The Balaban J connectivity index is 2.16. The Morgan fingerprint density at radius 1 is 1.44 bits per heavy atom. The van der Waals surface area contributed by atoms with E-state index in [1.165, 1.54) is 12.3 Å². The molecular weight excluding hydrogens is 234 g/mol. The second kappa shape index (κ2) is 4.74. The Morgan fingerprint density at radius 2 is 2.22 bits per heavy atom. The number of nitrogens with one attached hydrogen (secondary N) is 1. The fraction of sp³-hybridized carbons (Fsp3) is 0.182. The molecule has 2 heterocycles. The smallest absolute Gasteiger partial charge is 0.252 e. The van der Waals surface area contributed by atoms with Gasteiger partial charge in [-0.2, -0.15) is 0 Å². The third-order valence-corrected chi connectivity index (χ3v) is 2.25. The van der Waals surface area contributed by atoms with Crippen molar-refractivity contribution in [3.63, 3.8) is 0 Å². The van der Waals surface area contributed by atoms with Gasteiger partial charge in [-0.25, -0.2) is 9.97 Å². The third-order valence-electron chi connectivity index (χ3n) is 2.25. The molecule has 0 unspecified atom stereocenters. The molecule has 2 aromatic rings. The third kappa shape index (κ3) is 2.57. The predicted molar refractivity (Wildman–Crippen MR) is 65.7 cm³/mol. The molecule has 0 atom stereocenters. The second-order valence-electron chi connectivity index (χ2n) is 3.75. The minimum Gasteiger partial charge on any atom is -0.444 e. The van der Waals surface area contributed by atoms with E-state index in [0.717, 1.165) is 0 Å². The summed E-state index contributed by atoms with van der Waals surface area (Å²) < 4.78 is 5.29. The zero-order valence-corrected chi connectivity index (χ0v) is 9.80. The van der Waals surface area contributed by atoms with Gasteiger partial charge in [-0.3, -0.25) is 4.79 Å². The Bertz CT molecular complexity index is 579. The molecule has 0 aromatic carbocycles. The number of nitrogens with two attached hydrogens (primary N) is 2. The quantitative estimate of drug-likeness (QED) is 0.730. The van der Waals surface area contributed by atoms with Crippen LogP contribution >= 0.6 is 0 Å². The van der Waals surface area contributed by atoms with Crippen molar-refractivity contribution in [1.82, 2.24) is 9.97 Å². The van der Waals surface area contributed by atoms with Crippen molar-refractivity contribution >= 4 is 17.4 Å². The van der Waals surface area contributed by atoms with Gasteiger partial charge in [0, 0.05) is 0 Å². The number of hydrogen-bond acceptors (Lipinski definition) is 6. The number of rotatable bonds is 4. The van der Waals surface area contributed by atoms with E-state index in [4.69, 9.17) is 15.9 Å². The van der Waals surface area contributed by atoms with Crippen LogP contribution in [0.1, 0.15) is 22.0 Å². The second-order valence-corrected chi connectivity index (χ2v) is 3.75. The number of pyridine rings is 1. The highest BCUT2D eigenvalue weighted by Gasteiger charge is 2.11. The highest BCUT2D eigenvalue weighted by atomic mass is 16.4. The zero-order valence-electron chi connectivity index (χ0n) is 9.80. The van der Waals surface area contributed by atoms with E-state index in [9.17, 15) is 4.79 Å². The molecule has 7 heteroatoms. The summed E-state index contributed by atoms with van der Waals surface area (Å²) in [6.07, 6.45) is 3.05. The molecular formula is C11H13N5O2. The van der Waals surface area contributed by atoms with Gasteiger partial charge in [0.25, 0.3) is 5.91 Å². The van der Waals surface area contributed by atoms with Gasteiger partial charge in [0.05, 0.1) is 30.2 Å². The minimum absolute atomic E-state index is 0.235. The zero-order chi connectivity index (χ0) is 13.1. The van der Waals surface area contributed by atoms with Crippen molar-refractivity contribution in [2.45, 2.75) is 13.5 Å². The van der Waals surface area contributed by atoms with Crippen molar-refractivity contribution in [2.75, 3.05) is 11.1 Å². The van der Waals surface area contributed by atoms with Gasteiger partial charge in [-0.1, -0.05) is 0 Å². The molecule has 2 rings (SSSR count). The average Bonchev–Trinajstić information content (AvgIpc) is 2.73. The minimum atomic E-state index is -0.596. The van der Waals surface area contributed by atoms with Gasteiger partial charge in [-0.15, -0.1) is 0 Å². The first-order chi connectivity index (χ1) is 8.56. The number of carbonyl (C=O) groups is 1. The molecule has 18 heavy (non-hydrogen) atoms. The summed E-state index contributed by atoms with van der Waals surface area (Å²) in [5.41, 5.74) is 11.4. The number of nitrogens with zero attached hydrogens (tertiary/aromatic N) is 2. The molecule has 0 spiro atoms. The van der Waals surface area contributed by atoms with Crippen molar-refractivity contribution in [1.29, 1.82) is 0 Å². The van der Waals surface area contributed by atoms with Gasteiger partial charge in [-0.05, 0) is 13.0 Å². The van der Waals surface area contributed by atoms with Crippen LogP contribution in [0, 0.1) is 6.92 Å². The van der Waals surface area contributed by atoms with Crippen LogP contribution in [0.15, 0.2) is 22.9 Å². The molecule has 7 nitrogen and oxygen atoms in total. The van der Waals surface area contributed by atoms with Crippen LogP contribution in [-0.4, -0.2) is 15.9 Å². The molecule has 0 fully saturated rings. The van der Waals surface area contributed by atoms with Crippen molar-refractivity contribution in [2.24, 2.45) is 5.73 Å². The van der Waals surface area contributed by atoms with E-state index in [1.807, 2.05) is 0 Å². The van der Waals surface area contributed by atoms with Gasteiger partial charge >= 0.3 is 0 Å². The molecule has 0 bridgehead atoms. The van der Waals surface area contributed by atoms with Gasteiger partial charge < -0.3 is 21.2 Å². The van der Waals surface area contributed by atoms with Crippen molar-refractivity contribution in [3.8, 4) is 0 Å². The summed E-state index contributed by atoms with van der Waals surface area (Å²) in [6, 6.07) is 1.47. The number of carbonyl (C=O) groups excluding carboxylic acids is 1. The molecule has 0 aliphatic rings. The first kappa shape index (κ1) is 11.9. The average molecular weight is 247 g/mol. The summed E-state index contributed by atoms with van der Waals surface area (Å²) in [5, 5.41) is 2.93. The lowest BCUT2D eigenvalue weighted by Gasteiger charge is -2.07. The maximum Gasteiger partial charge on any atom is 0.252 e. The highest BCUT2D eigenvalue weighted by Crippen LogP contribution is 2.15. The van der Waals surface area contributed by atoms with E-state index in [-0.39, 0.29) is 5.56 Å². The van der Waals surface area contributed by atoms with Crippen LogP contribution in [-0.2, 0) is 6.54 Å². The molecule has 1 amide bonds. The van der Waals surface area contributed by atoms with Crippen LogP contribution in [0.3, 0.4) is 0 Å². The number of oxazole rings is 1. The molecule has 94 valence electrons. The summed E-state index contributed by atoms with van der Waals surface area (Å²) >= 11 is 0. The predicted octanol–water partition coefficient (Wildman–Crippen LogP) is 0.671. The number of nitrogen functional groups attached to an aromatic ring is 1. The summed E-state index contributed by atoms with van der Waals surface area (Å²) in [4.78, 5) is 19.3. The van der Waals surface area contributed by atoms with Crippen LogP contribution in [0.2, 0.25) is 0 Å². The number of primary amides is 1. The number of hydrogen-bond donors (Lipinski definition) is 3. The van der Waals surface area contributed by atoms with Crippen LogP contribution in [0.4, 0.5) is 11.5 Å². The topological polar surface area (TPSA) is 120 Å². The molecule has 0 aliphatic carbocycles. The van der Waals surface area contributed by atoms with E-state index in [1.54, 1.807) is 13.1 Å². The Hall–Kier alpha value is -2.57.